The van der Waals surface area contributed by atoms with E-state index in [9.17, 15) is 14.9 Å². The largest absolute Gasteiger partial charge is 0.478 e. The summed E-state index contributed by atoms with van der Waals surface area (Å²) in [5, 5.41) is 18.8. The number of aliphatic carboxylic acids is 1. The standard InChI is InChI=1S/C8H8N2O4/c1-9-6(3-5-8(11)12)2-4-7(9)10(13)14/h2-5H,1H3,(H,11,12). The van der Waals surface area contributed by atoms with E-state index in [4.69, 9.17) is 5.11 Å². The van der Waals surface area contributed by atoms with Crippen LogP contribution in [0.5, 0.6) is 0 Å². The molecule has 0 radical (unpaired) electrons. The van der Waals surface area contributed by atoms with Crippen LogP contribution in [0, 0.1) is 10.1 Å². The zero-order valence-corrected chi connectivity index (χ0v) is 7.38. The summed E-state index contributed by atoms with van der Waals surface area (Å²) in [6.45, 7) is 0. The number of nitrogens with zero attached hydrogens (tertiary/aromatic N) is 2. The maximum absolute atomic E-state index is 10.4. The Hall–Kier alpha value is -2.11. The SMILES string of the molecule is Cn1c(C=CC(=O)O)ccc1[N+](=O)[O-]. The van der Waals surface area contributed by atoms with Gasteiger partial charge in [0.15, 0.2) is 0 Å². The highest BCUT2D eigenvalue weighted by molar-refractivity contribution is 5.85. The van der Waals surface area contributed by atoms with Crippen LogP contribution in [-0.4, -0.2) is 20.6 Å². The first-order valence-electron chi connectivity index (χ1n) is 3.73. The Bertz CT molecular complexity index is 405. The Kier molecular flexibility index (Phi) is 2.66. The second-order valence-corrected chi connectivity index (χ2v) is 2.60. The van der Waals surface area contributed by atoms with Gasteiger partial charge in [-0.15, -0.1) is 0 Å². The Balaban J connectivity index is 3.01. The third kappa shape index (κ3) is 1.98. The number of carboxylic acids is 1. The molecule has 6 nitrogen and oxygen atoms in total. The van der Waals surface area contributed by atoms with Crippen molar-refractivity contribution in [2.24, 2.45) is 7.05 Å². The summed E-state index contributed by atoms with van der Waals surface area (Å²) in [5.41, 5.74) is 0.471. The maximum atomic E-state index is 10.4. The lowest BCUT2D eigenvalue weighted by Gasteiger charge is -1.95. The van der Waals surface area contributed by atoms with Gasteiger partial charge < -0.3 is 15.2 Å². The van der Waals surface area contributed by atoms with Gasteiger partial charge in [0, 0.05) is 12.1 Å². The van der Waals surface area contributed by atoms with Crippen LogP contribution in [-0.2, 0) is 11.8 Å². The van der Waals surface area contributed by atoms with Crippen LogP contribution in [0.15, 0.2) is 18.2 Å². The highest BCUT2D eigenvalue weighted by atomic mass is 16.6. The number of carboxylic acid groups (broad SMARTS) is 1. The molecule has 0 saturated heterocycles. The fraction of sp³-hybridized carbons (Fsp3) is 0.125. The van der Waals surface area contributed by atoms with Crippen LogP contribution >= 0.6 is 0 Å². The third-order valence-electron chi connectivity index (χ3n) is 1.72. The Morgan fingerprint density at radius 2 is 2.29 bits per heavy atom. The van der Waals surface area contributed by atoms with Gasteiger partial charge in [-0.25, -0.2) is 9.36 Å². The summed E-state index contributed by atoms with van der Waals surface area (Å²) < 4.78 is 1.30. The smallest absolute Gasteiger partial charge is 0.328 e. The molecular formula is C8H8N2O4. The van der Waals surface area contributed by atoms with Gasteiger partial charge in [0.2, 0.25) is 0 Å². The minimum atomic E-state index is -1.09. The van der Waals surface area contributed by atoms with E-state index >= 15 is 0 Å². The van der Waals surface area contributed by atoms with Gasteiger partial charge in [0.25, 0.3) is 0 Å². The summed E-state index contributed by atoms with van der Waals surface area (Å²) in [4.78, 5) is 20.1. The molecule has 1 rings (SSSR count). The summed E-state index contributed by atoms with van der Waals surface area (Å²) in [6, 6.07) is 2.80. The second kappa shape index (κ2) is 3.73. The van der Waals surface area contributed by atoms with Crippen molar-refractivity contribution in [3.63, 3.8) is 0 Å². The number of hydrogen-bond donors (Lipinski definition) is 1. The van der Waals surface area contributed by atoms with E-state index in [1.165, 1.54) is 29.8 Å². The van der Waals surface area contributed by atoms with Gasteiger partial charge in [-0.05, 0) is 17.1 Å². The second-order valence-electron chi connectivity index (χ2n) is 2.60. The lowest BCUT2D eigenvalue weighted by Crippen LogP contribution is -1.98. The fourth-order valence-corrected chi connectivity index (χ4v) is 1.02. The van der Waals surface area contributed by atoms with Crippen molar-refractivity contribution >= 4 is 17.9 Å². The first kappa shape index (κ1) is 9.97. The van der Waals surface area contributed by atoms with Crippen molar-refractivity contribution in [2.75, 3.05) is 0 Å². The highest BCUT2D eigenvalue weighted by Crippen LogP contribution is 2.15. The molecule has 0 aliphatic carbocycles. The average Bonchev–Trinajstić information content (AvgIpc) is 2.43. The van der Waals surface area contributed by atoms with Crippen molar-refractivity contribution in [2.45, 2.75) is 0 Å². The molecule has 0 aliphatic heterocycles. The quantitative estimate of drug-likeness (QED) is 0.444. The maximum Gasteiger partial charge on any atom is 0.328 e. The molecule has 1 heterocycles. The van der Waals surface area contributed by atoms with Crippen LogP contribution < -0.4 is 0 Å². The van der Waals surface area contributed by atoms with Crippen molar-refractivity contribution in [1.29, 1.82) is 0 Å². The van der Waals surface area contributed by atoms with E-state index in [1.807, 2.05) is 0 Å². The number of nitro groups is 1. The van der Waals surface area contributed by atoms with Crippen LogP contribution in [0.2, 0.25) is 0 Å². The van der Waals surface area contributed by atoms with E-state index < -0.39 is 10.9 Å². The van der Waals surface area contributed by atoms with Crippen molar-refractivity contribution in [3.8, 4) is 0 Å². The van der Waals surface area contributed by atoms with Crippen LogP contribution in [0.25, 0.3) is 6.08 Å². The molecule has 74 valence electrons. The zero-order chi connectivity index (χ0) is 10.7. The predicted molar refractivity (Wildman–Crippen MR) is 48.7 cm³/mol. The van der Waals surface area contributed by atoms with Gasteiger partial charge in [-0.3, -0.25) is 0 Å². The molecule has 0 aliphatic rings. The molecule has 1 aromatic rings. The first-order chi connectivity index (χ1) is 6.52. The molecule has 1 N–H and O–H groups in total. The van der Waals surface area contributed by atoms with Crippen LogP contribution in [0.4, 0.5) is 5.82 Å². The Morgan fingerprint density at radius 3 is 2.71 bits per heavy atom. The average molecular weight is 196 g/mol. The zero-order valence-electron chi connectivity index (χ0n) is 7.38. The number of rotatable bonds is 3. The molecule has 0 atom stereocenters. The molecule has 0 unspecified atom stereocenters. The summed E-state index contributed by atoms with van der Waals surface area (Å²) in [7, 11) is 1.50. The minimum Gasteiger partial charge on any atom is -0.478 e. The van der Waals surface area contributed by atoms with Gasteiger partial charge in [0.1, 0.15) is 5.69 Å². The molecule has 0 spiro atoms. The highest BCUT2D eigenvalue weighted by Gasteiger charge is 2.12. The minimum absolute atomic E-state index is 0.0740. The van der Waals surface area contributed by atoms with Gasteiger partial charge >= 0.3 is 11.8 Å². The van der Waals surface area contributed by atoms with Crippen LogP contribution in [0.1, 0.15) is 5.69 Å². The molecule has 0 saturated carbocycles. The summed E-state index contributed by atoms with van der Waals surface area (Å²) in [6.07, 6.45) is 2.23. The van der Waals surface area contributed by atoms with E-state index in [2.05, 4.69) is 0 Å². The summed E-state index contributed by atoms with van der Waals surface area (Å²) in [5.74, 6) is -1.16. The number of carbonyl (C=O) groups is 1. The first-order valence-corrected chi connectivity index (χ1v) is 3.73. The van der Waals surface area contributed by atoms with Crippen molar-refractivity contribution < 1.29 is 14.8 Å². The van der Waals surface area contributed by atoms with E-state index in [1.54, 1.807) is 0 Å². The van der Waals surface area contributed by atoms with Crippen LogP contribution in [0.3, 0.4) is 0 Å². The Labute approximate surface area is 79.2 Å². The molecule has 0 aromatic carbocycles. The molecular weight excluding hydrogens is 188 g/mol. The molecule has 0 amide bonds. The molecule has 1 aromatic heterocycles. The fourth-order valence-electron chi connectivity index (χ4n) is 1.02. The molecule has 0 bridgehead atoms. The molecule has 0 fully saturated rings. The van der Waals surface area contributed by atoms with E-state index in [0.717, 1.165) is 6.08 Å². The molecule has 6 heteroatoms. The molecule has 14 heavy (non-hydrogen) atoms. The lowest BCUT2D eigenvalue weighted by atomic mass is 10.4. The van der Waals surface area contributed by atoms with E-state index in [0.29, 0.717) is 5.69 Å². The van der Waals surface area contributed by atoms with Crippen molar-refractivity contribution in [3.05, 3.63) is 34.0 Å². The topological polar surface area (TPSA) is 85.4 Å². The van der Waals surface area contributed by atoms with Crippen molar-refractivity contribution in [1.82, 2.24) is 4.57 Å². The summed E-state index contributed by atoms with van der Waals surface area (Å²) >= 11 is 0. The predicted octanol–water partition coefficient (Wildman–Crippen LogP) is 1.03. The van der Waals surface area contributed by atoms with Gasteiger partial charge in [0.05, 0.1) is 7.05 Å². The normalized spacial score (nSPS) is 10.6. The monoisotopic (exact) mass is 196 g/mol. The number of hydrogen-bond acceptors (Lipinski definition) is 3. The van der Waals surface area contributed by atoms with Gasteiger partial charge in [-0.1, -0.05) is 0 Å². The number of aromatic nitrogens is 1. The lowest BCUT2D eigenvalue weighted by molar-refractivity contribution is -0.391. The Morgan fingerprint density at radius 1 is 1.64 bits per heavy atom. The van der Waals surface area contributed by atoms with E-state index in [-0.39, 0.29) is 5.82 Å². The van der Waals surface area contributed by atoms with Gasteiger partial charge in [-0.2, -0.15) is 0 Å². The third-order valence-corrected chi connectivity index (χ3v) is 1.72.